The first-order valence-electron chi connectivity index (χ1n) is 10.2. The molecule has 2 aromatic carbocycles. The Bertz CT molecular complexity index is 1120. The zero-order valence-corrected chi connectivity index (χ0v) is 17.5. The molecule has 8 nitrogen and oxygen atoms in total. The minimum atomic E-state index is -0.535. The molecule has 1 atom stereocenters. The van der Waals surface area contributed by atoms with Gasteiger partial charge in [0.1, 0.15) is 17.7 Å². The molecular weight excluding hydrogens is 415 g/mol. The zero-order chi connectivity index (χ0) is 22.5. The van der Waals surface area contributed by atoms with Gasteiger partial charge < -0.3 is 19.7 Å². The highest BCUT2D eigenvalue weighted by Crippen LogP contribution is 2.26. The van der Waals surface area contributed by atoms with Crippen LogP contribution in [0, 0.1) is 5.82 Å². The van der Waals surface area contributed by atoms with Gasteiger partial charge in [0.2, 0.25) is 0 Å². The molecule has 0 saturated carbocycles. The van der Waals surface area contributed by atoms with Crippen LogP contribution in [0.1, 0.15) is 22.0 Å². The largest absolute Gasteiger partial charge is 0.483 e. The van der Waals surface area contributed by atoms with Gasteiger partial charge >= 0.3 is 0 Å². The summed E-state index contributed by atoms with van der Waals surface area (Å²) in [6.07, 6.45) is 3.33. The Hall–Kier alpha value is -3.72. The van der Waals surface area contributed by atoms with Gasteiger partial charge in [-0.2, -0.15) is 5.10 Å². The predicted molar refractivity (Wildman–Crippen MR) is 115 cm³/mol. The number of carbonyl (C=O) groups is 2. The molecule has 1 aromatic heterocycles. The van der Waals surface area contributed by atoms with Gasteiger partial charge in [-0.3, -0.25) is 14.3 Å². The summed E-state index contributed by atoms with van der Waals surface area (Å²) in [6, 6.07) is 12.6. The molecule has 3 aromatic rings. The van der Waals surface area contributed by atoms with Gasteiger partial charge in [-0.1, -0.05) is 24.3 Å². The normalized spacial score (nSPS) is 15.9. The predicted octanol–water partition coefficient (Wildman–Crippen LogP) is 2.79. The van der Waals surface area contributed by atoms with Crippen molar-refractivity contribution in [1.29, 1.82) is 0 Å². The quantitative estimate of drug-likeness (QED) is 0.640. The Labute approximate surface area is 184 Å². The number of benzene rings is 2. The monoisotopic (exact) mass is 438 g/mol. The number of rotatable bonds is 6. The fraction of sp³-hybridized carbons (Fsp3) is 0.261. The number of morpholine rings is 1. The van der Waals surface area contributed by atoms with E-state index in [9.17, 15) is 14.0 Å². The van der Waals surface area contributed by atoms with Crippen molar-refractivity contribution in [3.05, 3.63) is 77.9 Å². The average molecular weight is 438 g/mol. The number of carbonyl (C=O) groups excluding carboxylic acids is 2. The first kappa shape index (κ1) is 21.5. The van der Waals surface area contributed by atoms with Crippen molar-refractivity contribution in [2.45, 2.75) is 6.10 Å². The molecule has 32 heavy (non-hydrogen) atoms. The van der Waals surface area contributed by atoms with Gasteiger partial charge in [0.05, 0.1) is 30.6 Å². The standard InChI is InChI=1S/C23H23FN4O4/c1-27-13-16(12-25-27)21-14-28(10-11-31-21)23(30)17-6-2-5-9-20(17)32-15-22(29)26-19-8-4-3-7-18(19)24/h2-9,12-13,21H,10-11,14-15H2,1H3,(H,26,29). The van der Waals surface area contributed by atoms with E-state index >= 15 is 0 Å². The number of aromatic nitrogens is 2. The highest BCUT2D eigenvalue weighted by molar-refractivity contribution is 5.97. The lowest BCUT2D eigenvalue weighted by Gasteiger charge is -2.33. The van der Waals surface area contributed by atoms with Crippen molar-refractivity contribution in [3.8, 4) is 5.75 Å². The lowest BCUT2D eigenvalue weighted by Crippen LogP contribution is -2.42. The number of amides is 2. The fourth-order valence-corrected chi connectivity index (χ4v) is 3.47. The summed E-state index contributed by atoms with van der Waals surface area (Å²) in [6.45, 7) is 0.865. The average Bonchev–Trinajstić information content (AvgIpc) is 3.25. The molecule has 2 heterocycles. The van der Waals surface area contributed by atoms with Crippen LogP contribution >= 0.6 is 0 Å². The van der Waals surface area contributed by atoms with Crippen LogP contribution in [0.25, 0.3) is 0 Å². The second-order valence-corrected chi connectivity index (χ2v) is 7.37. The number of para-hydroxylation sites is 2. The Kier molecular flexibility index (Phi) is 6.46. The molecule has 166 valence electrons. The van der Waals surface area contributed by atoms with E-state index < -0.39 is 11.7 Å². The van der Waals surface area contributed by atoms with Crippen LogP contribution in [0.3, 0.4) is 0 Å². The molecule has 0 radical (unpaired) electrons. The van der Waals surface area contributed by atoms with Crippen LogP contribution in [0.15, 0.2) is 60.9 Å². The van der Waals surface area contributed by atoms with Crippen LogP contribution in [0.4, 0.5) is 10.1 Å². The lowest BCUT2D eigenvalue weighted by atomic mass is 10.1. The van der Waals surface area contributed by atoms with E-state index in [1.54, 1.807) is 46.1 Å². The van der Waals surface area contributed by atoms with Crippen LogP contribution in [0.2, 0.25) is 0 Å². The molecule has 2 amide bonds. The highest BCUT2D eigenvalue weighted by atomic mass is 19.1. The third kappa shape index (κ3) is 4.94. The number of nitrogens with one attached hydrogen (secondary N) is 1. The summed E-state index contributed by atoms with van der Waals surface area (Å²) < 4.78 is 26.8. The Morgan fingerprint density at radius 3 is 2.78 bits per heavy atom. The van der Waals surface area contributed by atoms with Crippen molar-refractivity contribution < 1.29 is 23.5 Å². The number of anilines is 1. The summed E-state index contributed by atoms with van der Waals surface area (Å²) >= 11 is 0. The van der Waals surface area contributed by atoms with Crippen LogP contribution < -0.4 is 10.1 Å². The van der Waals surface area contributed by atoms with E-state index in [1.807, 2.05) is 13.2 Å². The van der Waals surface area contributed by atoms with Gasteiger partial charge in [-0.25, -0.2) is 4.39 Å². The molecule has 1 saturated heterocycles. The van der Waals surface area contributed by atoms with Crippen LogP contribution in [-0.2, 0) is 16.6 Å². The number of ether oxygens (including phenoxy) is 2. The van der Waals surface area contributed by atoms with E-state index in [0.29, 0.717) is 25.3 Å². The summed E-state index contributed by atoms with van der Waals surface area (Å²) in [5, 5.41) is 6.62. The van der Waals surface area contributed by atoms with E-state index in [2.05, 4.69) is 10.4 Å². The third-order valence-corrected chi connectivity index (χ3v) is 5.07. The Balaban J connectivity index is 1.41. The smallest absolute Gasteiger partial charge is 0.262 e. The number of hydrogen-bond donors (Lipinski definition) is 1. The maximum atomic E-state index is 13.7. The first-order chi connectivity index (χ1) is 15.5. The molecule has 0 bridgehead atoms. The van der Waals surface area contributed by atoms with Crippen LogP contribution in [0.5, 0.6) is 5.75 Å². The topological polar surface area (TPSA) is 85.7 Å². The van der Waals surface area contributed by atoms with Crippen molar-refractivity contribution >= 4 is 17.5 Å². The fourth-order valence-electron chi connectivity index (χ4n) is 3.47. The van der Waals surface area contributed by atoms with Crippen molar-refractivity contribution in [2.24, 2.45) is 7.05 Å². The number of nitrogens with zero attached hydrogens (tertiary/aromatic N) is 3. The number of aryl methyl sites for hydroxylation is 1. The Morgan fingerprint density at radius 2 is 2.00 bits per heavy atom. The molecule has 0 spiro atoms. The molecule has 1 aliphatic rings. The summed E-state index contributed by atoms with van der Waals surface area (Å²) in [7, 11) is 1.82. The molecule has 1 aliphatic heterocycles. The molecule has 9 heteroatoms. The number of halogens is 1. The summed E-state index contributed by atoms with van der Waals surface area (Å²) in [5.74, 6) is -0.995. The zero-order valence-electron chi connectivity index (χ0n) is 17.5. The second kappa shape index (κ2) is 9.61. The minimum absolute atomic E-state index is 0.0696. The van der Waals surface area contributed by atoms with Gasteiger partial charge in [0.15, 0.2) is 6.61 Å². The second-order valence-electron chi connectivity index (χ2n) is 7.37. The summed E-state index contributed by atoms with van der Waals surface area (Å²) in [5.41, 5.74) is 1.32. The lowest BCUT2D eigenvalue weighted by molar-refractivity contribution is -0.118. The molecule has 0 aliphatic carbocycles. The maximum Gasteiger partial charge on any atom is 0.262 e. The van der Waals surface area contributed by atoms with Gasteiger partial charge in [-0.05, 0) is 24.3 Å². The van der Waals surface area contributed by atoms with E-state index in [4.69, 9.17) is 9.47 Å². The molecule has 4 rings (SSSR count). The Morgan fingerprint density at radius 1 is 1.22 bits per heavy atom. The maximum absolute atomic E-state index is 13.7. The van der Waals surface area contributed by atoms with Crippen molar-refractivity contribution in [2.75, 3.05) is 31.6 Å². The van der Waals surface area contributed by atoms with Gasteiger partial charge in [-0.15, -0.1) is 0 Å². The highest BCUT2D eigenvalue weighted by Gasteiger charge is 2.28. The summed E-state index contributed by atoms with van der Waals surface area (Å²) in [4.78, 5) is 27.1. The van der Waals surface area contributed by atoms with E-state index in [-0.39, 0.29) is 30.1 Å². The SMILES string of the molecule is Cn1cc(C2CN(C(=O)c3ccccc3OCC(=O)Nc3ccccc3F)CCO2)cn1. The third-order valence-electron chi connectivity index (χ3n) is 5.07. The van der Waals surface area contributed by atoms with Gasteiger partial charge in [0, 0.05) is 25.4 Å². The van der Waals surface area contributed by atoms with Gasteiger partial charge in [0.25, 0.3) is 11.8 Å². The minimum Gasteiger partial charge on any atom is -0.483 e. The van der Waals surface area contributed by atoms with E-state index in [0.717, 1.165) is 5.56 Å². The molecule has 1 fully saturated rings. The molecule has 1 unspecified atom stereocenters. The number of hydrogen-bond acceptors (Lipinski definition) is 5. The first-order valence-corrected chi connectivity index (χ1v) is 10.2. The van der Waals surface area contributed by atoms with Crippen molar-refractivity contribution in [1.82, 2.24) is 14.7 Å². The molecule has 1 N–H and O–H groups in total. The van der Waals surface area contributed by atoms with Crippen LogP contribution in [-0.4, -0.2) is 52.8 Å². The molecular formula is C23H23FN4O4. The van der Waals surface area contributed by atoms with Crippen molar-refractivity contribution in [3.63, 3.8) is 0 Å². The van der Waals surface area contributed by atoms with E-state index in [1.165, 1.54) is 18.2 Å².